The van der Waals surface area contributed by atoms with E-state index in [1.807, 2.05) is 60.7 Å². The SMILES string of the molecule is c1ccc(-c2nc(-c3ccccc3)nc(-c3cccc(-c4cccc5c6c(ccc45)-c4ccccc4C6(c4ccccc4)c4ccccc4)c3)n2)cc1. The normalized spacial score (nSPS) is 12.7. The monoisotopic (exact) mass is 675 g/mol. The quantitative estimate of drug-likeness (QED) is 0.176. The maximum Gasteiger partial charge on any atom is 0.164 e. The third kappa shape index (κ3) is 5.01. The molecule has 0 spiro atoms. The van der Waals surface area contributed by atoms with Crippen LogP contribution in [0.15, 0.2) is 200 Å². The van der Waals surface area contributed by atoms with Gasteiger partial charge in [-0.25, -0.2) is 15.0 Å². The van der Waals surface area contributed by atoms with Crippen LogP contribution in [0, 0.1) is 0 Å². The largest absolute Gasteiger partial charge is 0.208 e. The molecule has 1 aliphatic carbocycles. The van der Waals surface area contributed by atoms with Crippen molar-refractivity contribution in [2.45, 2.75) is 5.41 Å². The summed E-state index contributed by atoms with van der Waals surface area (Å²) in [5.74, 6) is 1.94. The van der Waals surface area contributed by atoms with Crippen molar-refractivity contribution < 1.29 is 0 Å². The summed E-state index contributed by atoms with van der Waals surface area (Å²) in [6.07, 6.45) is 0. The van der Waals surface area contributed by atoms with Crippen molar-refractivity contribution in [3.05, 3.63) is 222 Å². The Hall–Kier alpha value is -6.97. The van der Waals surface area contributed by atoms with Crippen molar-refractivity contribution in [3.63, 3.8) is 0 Å². The number of nitrogens with zero attached hydrogens (tertiary/aromatic N) is 3. The first kappa shape index (κ1) is 30.8. The summed E-state index contributed by atoms with van der Waals surface area (Å²) in [4.78, 5) is 15.0. The topological polar surface area (TPSA) is 38.7 Å². The van der Waals surface area contributed by atoms with Crippen LogP contribution in [0.2, 0.25) is 0 Å². The van der Waals surface area contributed by atoms with Gasteiger partial charge in [-0.3, -0.25) is 0 Å². The Morgan fingerprint density at radius 2 is 0.774 bits per heavy atom. The smallest absolute Gasteiger partial charge is 0.164 e. The molecule has 0 unspecified atom stereocenters. The highest BCUT2D eigenvalue weighted by Crippen LogP contribution is 2.58. The van der Waals surface area contributed by atoms with E-state index in [2.05, 4.69) is 140 Å². The molecule has 1 aromatic heterocycles. The molecular formula is C50H33N3. The first-order valence-corrected chi connectivity index (χ1v) is 18.0. The lowest BCUT2D eigenvalue weighted by atomic mass is 9.66. The van der Waals surface area contributed by atoms with Gasteiger partial charge in [0.05, 0.1) is 5.41 Å². The van der Waals surface area contributed by atoms with Gasteiger partial charge in [0, 0.05) is 16.7 Å². The van der Waals surface area contributed by atoms with Crippen molar-refractivity contribution in [1.82, 2.24) is 15.0 Å². The number of aromatic nitrogens is 3. The van der Waals surface area contributed by atoms with Gasteiger partial charge < -0.3 is 0 Å². The van der Waals surface area contributed by atoms with E-state index < -0.39 is 5.41 Å². The minimum absolute atomic E-state index is 0.485. The van der Waals surface area contributed by atoms with Crippen molar-refractivity contribution in [2.24, 2.45) is 0 Å². The van der Waals surface area contributed by atoms with Crippen molar-refractivity contribution >= 4 is 10.8 Å². The first-order chi connectivity index (χ1) is 26.3. The Labute approximate surface area is 309 Å². The molecule has 0 amide bonds. The second-order valence-electron chi connectivity index (χ2n) is 13.5. The average molecular weight is 676 g/mol. The van der Waals surface area contributed by atoms with Crippen LogP contribution < -0.4 is 0 Å². The van der Waals surface area contributed by atoms with E-state index in [1.165, 1.54) is 49.7 Å². The zero-order valence-corrected chi connectivity index (χ0v) is 28.9. The third-order valence-corrected chi connectivity index (χ3v) is 10.6. The Morgan fingerprint density at radius 1 is 0.302 bits per heavy atom. The Bertz CT molecular complexity index is 2660. The maximum atomic E-state index is 5.03. The Kier molecular flexibility index (Phi) is 7.36. The molecule has 0 bridgehead atoms. The predicted molar refractivity (Wildman–Crippen MR) is 216 cm³/mol. The molecule has 3 heteroatoms. The lowest BCUT2D eigenvalue weighted by molar-refractivity contribution is 0.775. The number of benzene rings is 8. The average Bonchev–Trinajstić information content (AvgIpc) is 3.56. The summed E-state index contributed by atoms with van der Waals surface area (Å²) in [5, 5.41) is 2.45. The highest BCUT2D eigenvalue weighted by Gasteiger charge is 2.47. The lowest BCUT2D eigenvalue weighted by Crippen LogP contribution is -2.28. The second-order valence-corrected chi connectivity index (χ2v) is 13.5. The molecule has 248 valence electrons. The van der Waals surface area contributed by atoms with Gasteiger partial charge in [-0.05, 0) is 61.3 Å². The van der Waals surface area contributed by atoms with E-state index in [4.69, 9.17) is 15.0 Å². The molecule has 0 fully saturated rings. The van der Waals surface area contributed by atoms with Gasteiger partial charge in [0.1, 0.15) is 0 Å². The van der Waals surface area contributed by atoms with Crippen LogP contribution in [0.5, 0.6) is 0 Å². The fourth-order valence-electron chi connectivity index (χ4n) is 8.32. The molecule has 10 rings (SSSR count). The summed E-state index contributed by atoms with van der Waals surface area (Å²) < 4.78 is 0. The maximum absolute atomic E-state index is 5.03. The Morgan fingerprint density at radius 3 is 1.40 bits per heavy atom. The summed E-state index contributed by atoms with van der Waals surface area (Å²) >= 11 is 0. The van der Waals surface area contributed by atoms with Crippen LogP contribution >= 0.6 is 0 Å². The number of rotatable bonds is 6. The zero-order valence-electron chi connectivity index (χ0n) is 28.9. The fourth-order valence-corrected chi connectivity index (χ4v) is 8.32. The highest BCUT2D eigenvalue weighted by molar-refractivity contribution is 6.06. The van der Waals surface area contributed by atoms with E-state index in [-0.39, 0.29) is 0 Å². The molecule has 9 aromatic rings. The molecule has 3 nitrogen and oxygen atoms in total. The molecule has 1 aliphatic rings. The van der Waals surface area contributed by atoms with Gasteiger partial charge in [0.15, 0.2) is 17.5 Å². The van der Waals surface area contributed by atoms with Gasteiger partial charge in [-0.2, -0.15) is 0 Å². The van der Waals surface area contributed by atoms with Gasteiger partial charge >= 0.3 is 0 Å². The van der Waals surface area contributed by atoms with Crippen LogP contribution in [0.1, 0.15) is 22.3 Å². The lowest BCUT2D eigenvalue weighted by Gasteiger charge is -2.34. The molecule has 0 N–H and O–H groups in total. The molecule has 8 aromatic carbocycles. The molecule has 0 saturated heterocycles. The summed E-state index contributed by atoms with van der Waals surface area (Å²) in [5.41, 5.74) is 12.3. The van der Waals surface area contributed by atoms with Crippen molar-refractivity contribution in [3.8, 4) is 56.4 Å². The number of fused-ring (bicyclic) bond motifs is 5. The fraction of sp³-hybridized carbons (Fsp3) is 0.0200. The summed E-state index contributed by atoms with van der Waals surface area (Å²) in [6, 6.07) is 71.2. The summed E-state index contributed by atoms with van der Waals surface area (Å²) in [6.45, 7) is 0. The van der Waals surface area contributed by atoms with Crippen LogP contribution in [0.4, 0.5) is 0 Å². The second kappa shape index (κ2) is 12.7. The minimum atomic E-state index is -0.485. The molecule has 0 atom stereocenters. The Balaban J connectivity index is 1.19. The van der Waals surface area contributed by atoms with Gasteiger partial charge in [0.2, 0.25) is 0 Å². The van der Waals surface area contributed by atoms with E-state index in [1.54, 1.807) is 0 Å². The molecule has 53 heavy (non-hydrogen) atoms. The van der Waals surface area contributed by atoms with E-state index in [9.17, 15) is 0 Å². The minimum Gasteiger partial charge on any atom is -0.208 e. The van der Waals surface area contributed by atoms with Crippen LogP contribution in [-0.2, 0) is 5.41 Å². The van der Waals surface area contributed by atoms with Crippen LogP contribution in [0.25, 0.3) is 67.2 Å². The van der Waals surface area contributed by atoms with Crippen LogP contribution in [0.3, 0.4) is 0 Å². The molecular weight excluding hydrogens is 643 g/mol. The molecule has 0 saturated carbocycles. The number of hydrogen-bond donors (Lipinski definition) is 0. The summed E-state index contributed by atoms with van der Waals surface area (Å²) in [7, 11) is 0. The highest BCUT2D eigenvalue weighted by atomic mass is 15.0. The van der Waals surface area contributed by atoms with E-state index in [0.717, 1.165) is 22.3 Å². The van der Waals surface area contributed by atoms with Crippen LogP contribution in [-0.4, -0.2) is 15.0 Å². The molecule has 1 heterocycles. The third-order valence-electron chi connectivity index (χ3n) is 10.6. The van der Waals surface area contributed by atoms with E-state index >= 15 is 0 Å². The molecule has 0 aliphatic heterocycles. The van der Waals surface area contributed by atoms with Gasteiger partial charge in [0.25, 0.3) is 0 Å². The van der Waals surface area contributed by atoms with E-state index in [0.29, 0.717) is 17.5 Å². The van der Waals surface area contributed by atoms with Gasteiger partial charge in [-0.1, -0.05) is 194 Å². The predicted octanol–water partition coefficient (Wildman–Crippen LogP) is 12.1. The zero-order chi connectivity index (χ0) is 35.2. The molecule has 0 radical (unpaired) electrons. The van der Waals surface area contributed by atoms with Crippen molar-refractivity contribution in [2.75, 3.05) is 0 Å². The number of hydrogen-bond acceptors (Lipinski definition) is 3. The standard InChI is InChI=1S/C50H33N3/c1-5-17-34(18-6-1)47-51-48(35-19-7-2-8-20-35)53-49(52-47)37-22-15-21-36(33-37)40-28-16-29-43-41(40)31-32-44-42-27-13-14-30-45(42)50(46(43)44,38-23-9-3-10-24-38)39-25-11-4-12-26-39/h1-33H. The first-order valence-electron chi connectivity index (χ1n) is 18.0. The van der Waals surface area contributed by atoms with Crippen molar-refractivity contribution in [1.29, 1.82) is 0 Å². The van der Waals surface area contributed by atoms with Gasteiger partial charge in [-0.15, -0.1) is 0 Å².